The molecule has 1 aromatic heterocycles. The number of carbonyl (C=O) groups excluding carboxylic acids is 1. The number of pyridine rings is 1. The average molecular weight is 330 g/mol. The van der Waals surface area contributed by atoms with Gasteiger partial charge in [0, 0.05) is 44.6 Å². The van der Waals surface area contributed by atoms with Crippen molar-refractivity contribution in [1.82, 2.24) is 20.1 Å². The van der Waals surface area contributed by atoms with E-state index < -0.39 is 0 Å². The molecule has 2 aliphatic rings. The first-order valence-corrected chi connectivity index (χ1v) is 9.47. The van der Waals surface area contributed by atoms with Crippen LogP contribution in [0, 0.1) is 0 Å². The number of carbonyl (C=O) groups is 1. The van der Waals surface area contributed by atoms with Gasteiger partial charge in [-0.05, 0) is 43.4 Å². The Morgan fingerprint density at radius 1 is 1.17 bits per heavy atom. The molecule has 2 heterocycles. The highest BCUT2D eigenvalue weighted by Gasteiger charge is 2.26. The lowest BCUT2D eigenvalue weighted by Crippen LogP contribution is -2.44. The smallest absolute Gasteiger partial charge is 0.317 e. The van der Waals surface area contributed by atoms with Crippen LogP contribution in [0.2, 0.25) is 0 Å². The van der Waals surface area contributed by atoms with Crippen molar-refractivity contribution in [3.05, 3.63) is 30.1 Å². The fraction of sp³-hybridized carbons (Fsp3) is 0.684. The van der Waals surface area contributed by atoms with Crippen molar-refractivity contribution in [3.63, 3.8) is 0 Å². The quantitative estimate of drug-likeness (QED) is 0.922. The number of rotatable bonds is 4. The van der Waals surface area contributed by atoms with Gasteiger partial charge in [-0.1, -0.05) is 19.8 Å². The number of amides is 2. The Morgan fingerprint density at radius 3 is 2.62 bits per heavy atom. The van der Waals surface area contributed by atoms with Crippen molar-refractivity contribution in [3.8, 4) is 0 Å². The number of hydrogen-bond acceptors (Lipinski definition) is 3. The third-order valence-electron chi connectivity index (χ3n) is 5.47. The van der Waals surface area contributed by atoms with Gasteiger partial charge in [0.25, 0.3) is 0 Å². The highest BCUT2D eigenvalue weighted by Crippen LogP contribution is 2.24. The van der Waals surface area contributed by atoms with E-state index in [0.717, 1.165) is 50.6 Å². The van der Waals surface area contributed by atoms with E-state index in [2.05, 4.69) is 22.1 Å². The number of hydrogen-bond donors (Lipinski definition) is 1. The zero-order valence-corrected chi connectivity index (χ0v) is 14.8. The van der Waals surface area contributed by atoms with Crippen LogP contribution in [0.25, 0.3) is 0 Å². The molecule has 3 rings (SSSR count). The Labute approximate surface area is 145 Å². The predicted molar refractivity (Wildman–Crippen MR) is 95.8 cm³/mol. The molecule has 24 heavy (non-hydrogen) atoms. The summed E-state index contributed by atoms with van der Waals surface area (Å²) in [6, 6.07) is 4.87. The average Bonchev–Trinajstić information content (AvgIpc) is 3.04. The maximum atomic E-state index is 12.7. The second-order valence-electron chi connectivity index (χ2n) is 7.01. The highest BCUT2D eigenvalue weighted by molar-refractivity contribution is 5.74. The molecule has 1 saturated heterocycles. The molecule has 5 heteroatoms. The maximum Gasteiger partial charge on any atom is 0.317 e. The lowest BCUT2D eigenvalue weighted by atomic mass is 10.1. The van der Waals surface area contributed by atoms with E-state index in [0.29, 0.717) is 0 Å². The fourth-order valence-corrected chi connectivity index (χ4v) is 4.03. The number of nitrogens with zero attached hydrogens (tertiary/aromatic N) is 3. The zero-order valence-electron chi connectivity index (χ0n) is 14.8. The Morgan fingerprint density at radius 2 is 1.92 bits per heavy atom. The second-order valence-corrected chi connectivity index (χ2v) is 7.01. The molecule has 5 nitrogen and oxygen atoms in total. The molecule has 2 fully saturated rings. The molecule has 0 spiro atoms. The second kappa shape index (κ2) is 8.47. The van der Waals surface area contributed by atoms with E-state index in [1.54, 1.807) is 12.4 Å². The van der Waals surface area contributed by atoms with E-state index in [1.165, 1.54) is 25.7 Å². The van der Waals surface area contributed by atoms with Gasteiger partial charge < -0.3 is 10.2 Å². The lowest BCUT2D eigenvalue weighted by Gasteiger charge is -2.28. The summed E-state index contributed by atoms with van der Waals surface area (Å²) >= 11 is 0. The molecule has 0 radical (unpaired) electrons. The molecule has 1 unspecified atom stereocenters. The Hall–Kier alpha value is -1.62. The molecule has 1 atom stereocenters. The van der Waals surface area contributed by atoms with Gasteiger partial charge in [-0.25, -0.2) is 4.79 Å². The van der Waals surface area contributed by atoms with Crippen molar-refractivity contribution in [1.29, 1.82) is 0 Å². The van der Waals surface area contributed by atoms with Gasteiger partial charge in [0.05, 0.1) is 6.04 Å². The standard InChI is InChI=1S/C19H30N4O/c1-2-18(16-8-10-20-11-9-16)21-19(24)23-13-5-12-22(14-15-23)17-6-3-4-7-17/h8-11,17-18H,2-7,12-15H2,1H3,(H,21,24). The predicted octanol–water partition coefficient (Wildman–Crippen LogP) is 3.19. The van der Waals surface area contributed by atoms with Gasteiger partial charge in [0.2, 0.25) is 0 Å². The summed E-state index contributed by atoms with van der Waals surface area (Å²) in [6.45, 7) is 5.96. The van der Waals surface area contributed by atoms with E-state index in [1.807, 2.05) is 17.0 Å². The Balaban J connectivity index is 1.54. The van der Waals surface area contributed by atoms with Crippen LogP contribution in [0.1, 0.15) is 57.1 Å². The summed E-state index contributed by atoms with van der Waals surface area (Å²) in [5, 5.41) is 3.21. The molecular weight excluding hydrogens is 300 g/mol. The number of urea groups is 1. The molecule has 2 amide bonds. The first-order chi connectivity index (χ1) is 11.8. The topological polar surface area (TPSA) is 48.5 Å². The minimum atomic E-state index is 0.0645. The van der Waals surface area contributed by atoms with Gasteiger partial charge in [0.1, 0.15) is 0 Å². The molecule has 1 aromatic rings. The van der Waals surface area contributed by atoms with Gasteiger partial charge in [0.15, 0.2) is 0 Å². The van der Waals surface area contributed by atoms with Crippen LogP contribution in [-0.4, -0.2) is 53.0 Å². The van der Waals surface area contributed by atoms with Crippen LogP contribution in [0.4, 0.5) is 4.79 Å². The normalized spacial score (nSPS) is 21.5. The van der Waals surface area contributed by atoms with E-state index in [4.69, 9.17) is 0 Å². The van der Waals surface area contributed by atoms with Gasteiger partial charge in [-0.3, -0.25) is 9.88 Å². The summed E-state index contributed by atoms with van der Waals surface area (Å²) in [4.78, 5) is 21.4. The van der Waals surface area contributed by atoms with Gasteiger partial charge >= 0.3 is 6.03 Å². The maximum absolute atomic E-state index is 12.7. The molecule has 132 valence electrons. The lowest BCUT2D eigenvalue weighted by molar-refractivity contribution is 0.185. The van der Waals surface area contributed by atoms with Crippen LogP contribution in [-0.2, 0) is 0 Å². The first kappa shape index (κ1) is 17.2. The highest BCUT2D eigenvalue weighted by atomic mass is 16.2. The summed E-state index contributed by atoms with van der Waals surface area (Å²) in [5.74, 6) is 0. The van der Waals surface area contributed by atoms with E-state index in [-0.39, 0.29) is 12.1 Å². The summed E-state index contributed by atoms with van der Waals surface area (Å²) in [6.07, 6.45) is 11.0. The number of nitrogens with one attached hydrogen (secondary N) is 1. The Bertz CT molecular complexity index is 515. The van der Waals surface area contributed by atoms with Crippen molar-refractivity contribution >= 4 is 6.03 Å². The largest absolute Gasteiger partial charge is 0.331 e. The summed E-state index contributed by atoms with van der Waals surface area (Å²) < 4.78 is 0. The third-order valence-corrected chi connectivity index (χ3v) is 5.47. The molecule has 0 aromatic carbocycles. The minimum absolute atomic E-state index is 0.0645. The van der Waals surface area contributed by atoms with E-state index in [9.17, 15) is 4.79 Å². The molecular formula is C19H30N4O. The molecule has 0 bridgehead atoms. The van der Waals surface area contributed by atoms with Crippen LogP contribution >= 0.6 is 0 Å². The van der Waals surface area contributed by atoms with Crippen molar-refractivity contribution in [2.75, 3.05) is 26.2 Å². The first-order valence-electron chi connectivity index (χ1n) is 9.47. The molecule has 1 N–H and O–H groups in total. The van der Waals surface area contributed by atoms with E-state index >= 15 is 0 Å². The summed E-state index contributed by atoms with van der Waals surface area (Å²) in [7, 11) is 0. The number of aromatic nitrogens is 1. The fourth-order valence-electron chi connectivity index (χ4n) is 4.03. The monoisotopic (exact) mass is 330 g/mol. The van der Waals surface area contributed by atoms with Crippen LogP contribution in [0.3, 0.4) is 0 Å². The van der Waals surface area contributed by atoms with Crippen molar-refractivity contribution in [2.45, 2.75) is 57.5 Å². The van der Waals surface area contributed by atoms with Crippen molar-refractivity contribution in [2.24, 2.45) is 0 Å². The Kier molecular flexibility index (Phi) is 6.07. The third kappa shape index (κ3) is 4.26. The van der Waals surface area contributed by atoms with Crippen LogP contribution in [0.15, 0.2) is 24.5 Å². The SMILES string of the molecule is CCC(NC(=O)N1CCCN(C2CCCC2)CC1)c1ccncc1. The molecule has 1 saturated carbocycles. The van der Waals surface area contributed by atoms with Gasteiger partial charge in [-0.2, -0.15) is 0 Å². The van der Waals surface area contributed by atoms with Crippen molar-refractivity contribution < 1.29 is 4.79 Å². The molecule has 1 aliphatic carbocycles. The van der Waals surface area contributed by atoms with Crippen LogP contribution < -0.4 is 5.32 Å². The minimum Gasteiger partial charge on any atom is -0.331 e. The van der Waals surface area contributed by atoms with Crippen LogP contribution in [0.5, 0.6) is 0 Å². The van der Waals surface area contributed by atoms with Gasteiger partial charge in [-0.15, -0.1) is 0 Å². The molecule has 1 aliphatic heterocycles. The zero-order chi connectivity index (χ0) is 16.8. The summed E-state index contributed by atoms with van der Waals surface area (Å²) in [5.41, 5.74) is 1.13.